The van der Waals surface area contributed by atoms with Crippen LogP contribution in [0.3, 0.4) is 0 Å². The first-order valence-electron chi connectivity index (χ1n) is 7.99. The lowest BCUT2D eigenvalue weighted by molar-refractivity contribution is 0.111. The highest BCUT2D eigenvalue weighted by atomic mass is 32.1. The van der Waals surface area contributed by atoms with Crippen molar-refractivity contribution in [3.05, 3.63) is 59.6 Å². The number of carbonyl (C=O) groups excluding carboxylic acids is 1. The van der Waals surface area contributed by atoms with Crippen LogP contribution in [-0.4, -0.2) is 29.9 Å². The largest absolute Gasteiger partial charge is 0.497 e. The van der Waals surface area contributed by atoms with Crippen LogP contribution in [0.2, 0.25) is 0 Å². The summed E-state index contributed by atoms with van der Waals surface area (Å²) in [5, 5.41) is 2.01. The number of ether oxygens (including phenoxy) is 2. The number of benzene rings is 2. The summed E-state index contributed by atoms with van der Waals surface area (Å²) in [5.74, 6) is 1.32. The molecule has 4 aromatic rings. The van der Waals surface area contributed by atoms with Gasteiger partial charge in [-0.25, -0.2) is 4.98 Å². The quantitative estimate of drug-likeness (QED) is 0.487. The van der Waals surface area contributed by atoms with E-state index in [4.69, 9.17) is 14.5 Å². The number of methoxy groups -OCH3 is 2. The number of carbonyl (C=O) groups is 1. The predicted molar refractivity (Wildman–Crippen MR) is 102 cm³/mol. The fourth-order valence-electron chi connectivity index (χ4n) is 3.00. The minimum atomic E-state index is 0.492. The lowest BCUT2D eigenvalue weighted by Crippen LogP contribution is -1.96. The Hall–Kier alpha value is -3.12. The Morgan fingerprint density at radius 2 is 1.88 bits per heavy atom. The molecule has 2 aromatic heterocycles. The van der Waals surface area contributed by atoms with E-state index in [1.54, 1.807) is 14.2 Å². The van der Waals surface area contributed by atoms with Crippen LogP contribution in [-0.2, 0) is 0 Å². The third-order valence-corrected chi connectivity index (χ3v) is 5.07. The molecule has 0 saturated heterocycles. The van der Waals surface area contributed by atoms with Crippen LogP contribution < -0.4 is 9.47 Å². The third kappa shape index (κ3) is 2.55. The fourth-order valence-corrected chi connectivity index (χ4v) is 3.90. The summed E-state index contributed by atoms with van der Waals surface area (Å²) in [6.07, 6.45) is 0.841. The van der Waals surface area contributed by atoms with Gasteiger partial charge in [0.05, 0.1) is 19.9 Å². The van der Waals surface area contributed by atoms with Gasteiger partial charge in [0.25, 0.3) is 0 Å². The van der Waals surface area contributed by atoms with Crippen LogP contribution >= 0.6 is 11.3 Å². The van der Waals surface area contributed by atoms with Crippen LogP contribution in [0.15, 0.2) is 53.9 Å². The lowest BCUT2D eigenvalue weighted by atomic mass is 10.1. The molecule has 0 amide bonds. The molecule has 0 atom stereocenters. The molecule has 2 aromatic carbocycles. The minimum absolute atomic E-state index is 0.492. The van der Waals surface area contributed by atoms with Crippen molar-refractivity contribution in [3.8, 4) is 34.0 Å². The second-order valence-electron chi connectivity index (χ2n) is 5.63. The Kier molecular flexibility index (Phi) is 4.18. The Morgan fingerprint density at radius 3 is 2.58 bits per heavy atom. The molecule has 0 N–H and O–H groups in total. The number of imidazole rings is 1. The zero-order chi connectivity index (χ0) is 18.1. The van der Waals surface area contributed by atoms with E-state index in [0.717, 1.165) is 28.1 Å². The van der Waals surface area contributed by atoms with Crippen molar-refractivity contribution >= 4 is 22.6 Å². The van der Waals surface area contributed by atoms with Crippen molar-refractivity contribution in [3.63, 3.8) is 0 Å². The Morgan fingerprint density at radius 1 is 1.08 bits per heavy atom. The molecule has 5 nitrogen and oxygen atoms in total. The van der Waals surface area contributed by atoms with Crippen molar-refractivity contribution in [1.82, 2.24) is 9.38 Å². The standard InChI is InChI=1S/C20H16N2O3S/c1-24-14-8-9-18(25-2)15(10-14)19-16(11-23)22-17(12-26-20(22)21-19)13-6-4-3-5-7-13/h3-12H,1-2H3. The minimum Gasteiger partial charge on any atom is -0.497 e. The third-order valence-electron chi connectivity index (χ3n) is 4.24. The predicted octanol–water partition coefficient (Wildman–Crippen LogP) is 4.56. The van der Waals surface area contributed by atoms with Crippen LogP contribution in [0.25, 0.3) is 27.5 Å². The normalized spacial score (nSPS) is 10.8. The molecule has 130 valence electrons. The lowest BCUT2D eigenvalue weighted by Gasteiger charge is -2.09. The second kappa shape index (κ2) is 6.65. The summed E-state index contributed by atoms with van der Waals surface area (Å²) < 4.78 is 12.7. The van der Waals surface area contributed by atoms with Gasteiger partial charge in [-0.2, -0.15) is 0 Å². The van der Waals surface area contributed by atoms with Gasteiger partial charge in [0, 0.05) is 10.9 Å². The molecule has 0 radical (unpaired) electrons. The number of fused-ring (bicyclic) bond motifs is 1. The number of aldehydes is 1. The Balaban J connectivity index is 1.99. The van der Waals surface area contributed by atoms with E-state index in [-0.39, 0.29) is 0 Å². The van der Waals surface area contributed by atoms with Gasteiger partial charge in [0.1, 0.15) is 22.9 Å². The van der Waals surface area contributed by atoms with Gasteiger partial charge in [-0.15, -0.1) is 11.3 Å². The van der Waals surface area contributed by atoms with Crippen molar-refractivity contribution < 1.29 is 14.3 Å². The van der Waals surface area contributed by atoms with Crippen molar-refractivity contribution in [1.29, 1.82) is 0 Å². The monoisotopic (exact) mass is 364 g/mol. The fraction of sp³-hybridized carbons (Fsp3) is 0.100. The molecule has 0 fully saturated rings. The second-order valence-corrected chi connectivity index (χ2v) is 6.47. The Bertz CT molecular complexity index is 1080. The van der Waals surface area contributed by atoms with E-state index >= 15 is 0 Å². The zero-order valence-corrected chi connectivity index (χ0v) is 15.1. The van der Waals surface area contributed by atoms with E-state index in [9.17, 15) is 4.79 Å². The van der Waals surface area contributed by atoms with Gasteiger partial charge < -0.3 is 9.47 Å². The smallest absolute Gasteiger partial charge is 0.195 e. The maximum absolute atomic E-state index is 12.0. The van der Waals surface area contributed by atoms with E-state index in [1.807, 2.05) is 58.3 Å². The molecule has 0 spiro atoms. The highest BCUT2D eigenvalue weighted by molar-refractivity contribution is 7.15. The van der Waals surface area contributed by atoms with Gasteiger partial charge >= 0.3 is 0 Å². The first-order chi connectivity index (χ1) is 12.8. The number of rotatable bonds is 5. The topological polar surface area (TPSA) is 52.8 Å². The maximum atomic E-state index is 12.0. The average Bonchev–Trinajstić information content (AvgIpc) is 3.27. The van der Waals surface area contributed by atoms with Gasteiger partial charge in [0.2, 0.25) is 0 Å². The highest BCUT2D eigenvalue weighted by Crippen LogP contribution is 2.37. The summed E-state index contributed by atoms with van der Waals surface area (Å²) in [6.45, 7) is 0. The summed E-state index contributed by atoms with van der Waals surface area (Å²) in [5.41, 5.74) is 3.77. The molecule has 0 aliphatic rings. The number of aromatic nitrogens is 2. The molecular weight excluding hydrogens is 348 g/mol. The van der Waals surface area contributed by atoms with Crippen LogP contribution in [0.1, 0.15) is 10.5 Å². The maximum Gasteiger partial charge on any atom is 0.195 e. The number of hydrogen-bond acceptors (Lipinski definition) is 5. The van der Waals surface area contributed by atoms with Crippen molar-refractivity contribution in [2.75, 3.05) is 14.2 Å². The molecule has 0 aliphatic carbocycles. The molecule has 0 unspecified atom stereocenters. The van der Waals surface area contributed by atoms with Gasteiger partial charge in [0.15, 0.2) is 11.2 Å². The van der Waals surface area contributed by atoms with Gasteiger partial charge in [-0.3, -0.25) is 9.20 Å². The van der Waals surface area contributed by atoms with E-state index in [2.05, 4.69) is 0 Å². The Labute approximate surface area is 154 Å². The molecule has 4 rings (SSSR count). The molecule has 2 heterocycles. The summed E-state index contributed by atoms with van der Waals surface area (Å²) in [4.78, 5) is 17.4. The average molecular weight is 364 g/mol. The van der Waals surface area contributed by atoms with Crippen LogP contribution in [0.4, 0.5) is 0 Å². The summed E-state index contributed by atoms with van der Waals surface area (Å²) in [7, 11) is 3.20. The first-order valence-corrected chi connectivity index (χ1v) is 8.87. The molecule has 26 heavy (non-hydrogen) atoms. The molecule has 0 bridgehead atoms. The number of hydrogen-bond donors (Lipinski definition) is 0. The summed E-state index contributed by atoms with van der Waals surface area (Å²) >= 11 is 1.50. The highest BCUT2D eigenvalue weighted by Gasteiger charge is 2.21. The van der Waals surface area contributed by atoms with Crippen molar-refractivity contribution in [2.24, 2.45) is 0 Å². The summed E-state index contributed by atoms with van der Waals surface area (Å²) in [6, 6.07) is 15.4. The van der Waals surface area contributed by atoms with Crippen LogP contribution in [0.5, 0.6) is 11.5 Å². The van der Waals surface area contributed by atoms with Gasteiger partial charge in [-0.05, 0) is 23.8 Å². The number of thiazole rings is 1. The van der Waals surface area contributed by atoms with Crippen LogP contribution in [0, 0.1) is 0 Å². The zero-order valence-electron chi connectivity index (χ0n) is 14.3. The molecule has 0 saturated carbocycles. The van der Waals surface area contributed by atoms with Gasteiger partial charge in [-0.1, -0.05) is 30.3 Å². The first kappa shape index (κ1) is 16.4. The number of nitrogens with zero attached hydrogens (tertiary/aromatic N) is 2. The molecular formula is C20H16N2O3S. The van der Waals surface area contributed by atoms with E-state index in [1.165, 1.54) is 11.3 Å². The van der Waals surface area contributed by atoms with E-state index < -0.39 is 0 Å². The van der Waals surface area contributed by atoms with E-state index in [0.29, 0.717) is 22.9 Å². The molecule has 0 aliphatic heterocycles. The molecule has 6 heteroatoms. The van der Waals surface area contributed by atoms with Crippen molar-refractivity contribution in [2.45, 2.75) is 0 Å². The SMILES string of the molecule is COc1ccc(OC)c(-c2nc3scc(-c4ccccc4)n3c2C=O)c1.